The lowest BCUT2D eigenvalue weighted by atomic mass is 10.1. The maximum Gasteiger partial charge on any atom is 0.417 e. The van der Waals surface area contributed by atoms with Crippen LogP contribution in [0.3, 0.4) is 0 Å². The summed E-state index contributed by atoms with van der Waals surface area (Å²) in [6.07, 6.45) is 0.176. The highest BCUT2D eigenvalue weighted by Crippen LogP contribution is 2.29. The van der Waals surface area contributed by atoms with Crippen LogP contribution in [0.4, 0.5) is 19.0 Å². The summed E-state index contributed by atoms with van der Waals surface area (Å²) >= 11 is 0. The molecule has 1 aliphatic rings. The van der Waals surface area contributed by atoms with Gasteiger partial charge in [0.1, 0.15) is 11.4 Å². The Hall–Kier alpha value is -2.91. The molecule has 2 aromatic rings. The number of rotatable bonds is 3. The van der Waals surface area contributed by atoms with Gasteiger partial charge in [-0.2, -0.15) is 13.2 Å². The molecule has 0 aliphatic carbocycles. The highest BCUT2D eigenvalue weighted by molar-refractivity contribution is 5.93. The average Bonchev–Trinajstić information content (AvgIpc) is 2.61. The van der Waals surface area contributed by atoms with Crippen LogP contribution in [0.25, 0.3) is 0 Å². The Bertz CT molecular complexity index is 835. The molecule has 0 unspecified atom stereocenters. The molecule has 0 aromatic carbocycles. The largest absolute Gasteiger partial charge is 0.417 e. The van der Waals surface area contributed by atoms with Gasteiger partial charge >= 0.3 is 6.18 Å². The van der Waals surface area contributed by atoms with Crippen LogP contribution in [0.1, 0.15) is 28.8 Å². The van der Waals surface area contributed by atoms with Gasteiger partial charge in [-0.05, 0) is 25.0 Å². The van der Waals surface area contributed by atoms with Gasteiger partial charge in [-0.25, -0.2) is 9.97 Å². The van der Waals surface area contributed by atoms with Gasteiger partial charge in [0.25, 0.3) is 11.5 Å². The number of piperidine rings is 1. The first-order valence-electron chi connectivity index (χ1n) is 7.96. The molecule has 0 spiro atoms. The molecule has 3 heterocycles. The number of hydrogen-bond acceptors (Lipinski definition) is 5. The van der Waals surface area contributed by atoms with Crippen LogP contribution in [0.2, 0.25) is 0 Å². The summed E-state index contributed by atoms with van der Waals surface area (Å²) in [6.45, 7) is 1.01. The maximum absolute atomic E-state index is 12.6. The monoisotopic (exact) mass is 367 g/mol. The molecule has 3 rings (SSSR count). The van der Waals surface area contributed by atoms with E-state index in [1.54, 1.807) is 0 Å². The van der Waals surface area contributed by atoms with Crippen molar-refractivity contribution in [1.82, 2.24) is 20.3 Å². The number of alkyl halides is 3. The van der Waals surface area contributed by atoms with Crippen molar-refractivity contribution in [2.75, 3.05) is 18.0 Å². The molecular weight excluding hydrogens is 351 g/mol. The lowest BCUT2D eigenvalue weighted by Gasteiger charge is -2.34. The minimum absolute atomic E-state index is 0.0859. The van der Waals surface area contributed by atoms with Crippen LogP contribution in [-0.2, 0) is 6.18 Å². The van der Waals surface area contributed by atoms with Crippen molar-refractivity contribution in [2.24, 2.45) is 0 Å². The van der Waals surface area contributed by atoms with Crippen molar-refractivity contribution < 1.29 is 18.0 Å². The van der Waals surface area contributed by atoms with Gasteiger partial charge in [0.15, 0.2) is 0 Å². The number of hydrogen-bond donors (Lipinski definition) is 2. The van der Waals surface area contributed by atoms with Crippen molar-refractivity contribution in [2.45, 2.75) is 25.1 Å². The van der Waals surface area contributed by atoms with E-state index in [1.165, 1.54) is 18.6 Å². The number of aromatic nitrogens is 3. The number of carbonyl (C=O) groups excluding carboxylic acids is 1. The number of H-pyrrole nitrogens is 1. The van der Waals surface area contributed by atoms with E-state index in [4.69, 9.17) is 0 Å². The highest BCUT2D eigenvalue weighted by Gasteiger charge is 2.31. The van der Waals surface area contributed by atoms with Crippen molar-refractivity contribution >= 4 is 11.7 Å². The van der Waals surface area contributed by atoms with Crippen LogP contribution in [0.15, 0.2) is 35.6 Å². The van der Waals surface area contributed by atoms with Crippen LogP contribution in [0, 0.1) is 0 Å². The third-order valence-electron chi connectivity index (χ3n) is 4.12. The van der Waals surface area contributed by atoms with E-state index in [9.17, 15) is 22.8 Å². The zero-order valence-electron chi connectivity index (χ0n) is 13.6. The lowest BCUT2D eigenvalue weighted by Crippen LogP contribution is -2.48. The Morgan fingerprint density at radius 3 is 2.77 bits per heavy atom. The molecule has 2 aromatic heterocycles. The lowest BCUT2D eigenvalue weighted by molar-refractivity contribution is -0.137. The van der Waals surface area contributed by atoms with Crippen LogP contribution in [0.5, 0.6) is 0 Å². The molecule has 0 bridgehead atoms. The number of nitrogens with zero attached hydrogens (tertiary/aromatic N) is 3. The fourth-order valence-electron chi connectivity index (χ4n) is 2.81. The standard InChI is InChI=1S/C16H16F3N5O2/c17-16(18,19)10-3-4-13(21-6-10)24-5-1-2-11(8-24)23-15(26)12-7-20-9-22-14(12)25/h3-4,6-7,9,11H,1-2,5,8H2,(H,23,26)(H,20,22,25)/t11-/m1/s1. The summed E-state index contributed by atoms with van der Waals surface area (Å²) in [5.41, 5.74) is -1.43. The summed E-state index contributed by atoms with van der Waals surface area (Å²) in [7, 11) is 0. The first kappa shape index (κ1) is 17.9. The first-order chi connectivity index (χ1) is 12.3. The molecule has 1 fully saturated rings. The van der Waals surface area contributed by atoms with Gasteiger partial charge in [0, 0.05) is 31.5 Å². The van der Waals surface area contributed by atoms with Crippen molar-refractivity contribution in [1.29, 1.82) is 0 Å². The Morgan fingerprint density at radius 2 is 2.12 bits per heavy atom. The van der Waals surface area contributed by atoms with Gasteiger partial charge in [-0.3, -0.25) is 9.59 Å². The number of amides is 1. The van der Waals surface area contributed by atoms with E-state index in [1.807, 2.05) is 4.90 Å². The number of pyridine rings is 1. The minimum atomic E-state index is -4.43. The van der Waals surface area contributed by atoms with E-state index in [0.717, 1.165) is 18.7 Å². The van der Waals surface area contributed by atoms with Crippen molar-refractivity contribution in [3.63, 3.8) is 0 Å². The highest BCUT2D eigenvalue weighted by atomic mass is 19.4. The molecule has 138 valence electrons. The Labute approximate surface area is 146 Å². The van der Waals surface area contributed by atoms with E-state index < -0.39 is 23.2 Å². The summed E-state index contributed by atoms with van der Waals surface area (Å²) < 4.78 is 37.9. The SMILES string of the molecule is O=C(N[C@@H]1CCCN(c2ccc(C(F)(F)F)cn2)C1)c1cnc[nH]c1=O. The van der Waals surface area contributed by atoms with Crippen LogP contribution < -0.4 is 15.8 Å². The third kappa shape index (κ3) is 4.01. The molecule has 1 aliphatic heterocycles. The topological polar surface area (TPSA) is 91.0 Å². The molecule has 1 atom stereocenters. The maximum atomic E-state index is 12.6. The first-order valence-corrected chi connectivity index (χ1v) is 7.96. The fourth-order valence-corrected chi connectivity index (χ4v) is 2.81. The van der Waals surface area contributed by atoms with Crippen molar-refractivity contribution in [3.05, 3.63) is 52.3 Å². The van der Waals surface area contributed by atoms with Crippen LogP contribution in [-0.4, -0.2) is 40.0 Å². The van der Waals surface area contributed by atoms with Gasteiger partial charge in [-0.1, -0.05) is 0 Å². The van der Waals surface area contributed by atoms with Crippen molar-refractivity contribution in [3.8, 4) is 0 Å². The Morgan fingerprint density at radius 1 is 1.31 bits per heavy atom. The number of halogens is 3. The molecular formula is C16H16F3N5O2. The second kappa shape index (κ2) is 7.14. The average molecular weight is 367 g/mol. The molecule has 1 amide bonds. The second-order valence-corrected chi connectivity index (χ2v) is 5.96. The van der Waals surface area contributed by atoms with E-state index in [0.29, 0.717) is 25.3 Å². The number of aromatic amines is 1. The molecule has 0 saturated carbocycles. The number of anilines is 1. The molecule has 2 N–H and O–H groups in total. The summed E-state index contributed by atoms with van der Waals surface area (Å²) in [6, 6.07) is 2.05. The number of carbonyl (C=O) groups is 1. The number of nitrogens with one attached hydrogen (secondary N) is 2. The Kier molecular flexibility index (Phi) is 4.92. The van der Waals surface area contributed by atoms with Gasteiger partial charge in [0.2, 0.25) is 0 Å². The van der Waals surface area contributed by atoms with Gasteiger partial charge in [-0.15, -0.1) is 0 Å². The minimum Gasteiger partial charge on any atom is -0.355 e. The zero-order valence-corrected chi connectivity index (χ0v) is 13.6. The fraction of sp³-hybridized carbons (Fsp3) is 0.375. The second-order valence-electron chi connectivity index (χ2n) is 5.96. The Balaban J connectivity index is 1.67. The normalized spacial score (nSPS) is 17.8. The van der Waals surface area contributed by atoms with E-state index in [2.05, 4.69) is 20.3 Å². The smallest absolute Gasteiger partial charge is 0.355 e. The summed E-state index contributed by atoms with van der Waals surface area (Å²) in [4.78, 5) is 35.6. The molecule has 10 heteroatoms. The van der Waals surface area contributed by atoms with E-state index >= 15 is 0 Å². The van der Waals surface area contributed by atoms with Gasteiger partial charge < -0.3 is 15.2 Å². The predicted molar refractivity (Wildman–Crippen MR) is 86.8 cm³/mol. The zero-order chi connectivity index (χ0) is 18.7. The molecule has 7 nitrogen and oxygen atoms in total. The summed E-state index contributed by atoms with van der Waals surface area (Å²) in [5.74, 6) is -0.122. The molecule has 0 radical (unpaired) electrons. The molecule has 1 saturated heterocycles. The van der Waals surface area contributed by atoms with Crippen LogP contribution >= 0.6 is 0 Å². The molecule has 26 heavy (non-hydrogen) atoms. The van der Waals surface area contributed by atoms with E-state index in [-0.39, 0.29) is 11.6 Å². The quantitative estimate of drug-likeness (QED) is 0.860. The van der Waals surface area contributed by atoms with Gasteiger partial charge in [0.05, 0.1) is 11.9 Å². The predicted octanol–water partition coefficient (Wildman–Crippen LogP) is 1.58. The third-order valence-corrected chi connectivity index (χ3v) is 4.12. The summed E-state index contributed by atoms with van der Waals surface area (Å²) in [5, 5.41) is 2.76.